The SMILES string of the molecule is O=C(CCn1ccnn1)N1CCC(C(=O)O)(C(F)(F)F)C1. The maximum absolute atomic E-state index is 13.0. The number of aryl methyl sites for hydroxylation is 1. The monoisotopic (exact) mass is 306 g/mol. The molecule has 21 heavy (non-hydrogen) atoms. The van der Waals surface area contributed by atoms with Crippen LogP contribution in [0.5, 0.6) is 0 Å². The molecule has 1 N–H and O–H groups in total. The molecule has 0 spiro atoms. The van der Waals surface area contributed by atoms with E-state index in [0.29, 0.717) is 0 Å². The molecule has 1 aliphatic rings. The third-order valence-electron chi connectivity index (χ3n) is 3.60. The summed E-state index contributed by atoms with van der Waals surface area (Å²) in [7, 11) is 0. The fourth-order valence-corrected chi connectivity index (χ4v) is 2.27. The van der Waals surface area contributed by atoms with Crippen molar-refractivity contribution in [3.8, 4) is 0 Å². The van der Waals surface area contributed by atoms with E-state index in [0.717, 1.165) is 4.90 Å². The Balaban J connectivity index is 2.00. The second kappa shape index (κ2) is 5.34. The summed E-state index contributed by atoms with van der Waals surface area (Å²) < 4.78 is 40.3. The van der Waals surface area contributed by atoms with Crippen LogP contribution >= 0.6 is 0 Å². The number of rotatable bonds is 4. The summed E-state index contributed by atoms with van der Waals surface area (Å²) in [5, 5.41) is 16.1. The first-order valence-electron chi connectivity index (χ1n) is 6.18. The first kappa shape index (κ1) is 15.3. The number of amides is 1. The number of likely N-dealkylation sites (tertiary alicyclic amines) is 1. The summed E-state index contributed by atoms with van der Waals surface area (Å²) in [5.41, 5.74) is -2.87. The highest BCUT2D eigenvalue weighted by atomic mass is 19.4. The van der Waals surface area contributed by atoms with Gasteiger partial charge in [-0.15, -0.1) is 5.10 Å². The van der Waals surface area contributed by atoms with Crippen LogP contribution in [0.25, 0.3) is 0 Å². The Morgan fingerprint density at radius 3 is 2.57 bits per heavy atom. The molecule has 1 fully saturated rings. The Bertz CT molecular complexity index is 531. The largest absolute Gasteiger partial charge is 0.481 e. The fraction of sp³-hybridized carbons (Fsp3) is 0.636. The number of aromatic nitrogens is 3. The molecule has 116 valence electrons. The smallest absolute Gasteiger partial charge is 0.406 e. The van der Waals surface area contributed by atoms with Gasteiger partial charge in [0, 0.05) is 25.7 Å². The van der Waals surface area contributed by atoms with Crippen molar-refractivity contribution in [1.29, 1.82) is 0 Å². The predicted molar refractivity (Wildman–Crippen MR) is 62.0 cm³/mol. The van der Waals surface area contributed by atoms with E-state index in [1.54, 1.807) is 0 Å². The molecule has 1 unspecified atom stereocenters. The van der Waals surface area contributed by atoms with Gasteiger partial charge in [0.15, 0.2) is 5.41 Å². The van der Waals surface area contributed by atoms with Gasteiger partial charge in [0.1, 0.15) is 0 Å². The van der Waals surface area contributed by atoms with Crippen LogP contribution in [-0.4, -0.2) is 56.1 Å². The number of nitrogens with zero attached hydrogens (tertiary/aromatic N) is 4. The predicted octanol–water partition coefficient (Wildman–Crippen LogP) is 0.534. The van der Waals surface area contributed by atoms with E-state index in [4.69, 9.17) is 5.11 Å². The van der Waals surface area contributed by atoms with E-state index in [-0.39, 0.29) is 19.5 Å². The zero-order chi connectivity index (χ0) is 15.7. The maximum atomic E-state index is 13.0. The van der Waals surface area contributed by atoms with Crippen molar-refractivity contribution in [2.45, 2.75) is 25.6 Å². The molecule has 1 aliphatic heterocycles. The van der Waals surface area contributed by atoms with Crippen molar-refractivity contribution in [1.82, 2.24) is 19.9 Å². The first-order valence-corrected chi connectivity index (χ1v) is 6.18. The number of hydrogen-bond donors (Lipinski definition) is 1. The van der Waals surface area contributed by atoms with Gasteiger partial charge in [0.2, 0.25) is 5.91 Å². The normalized spacial score (nSPS) is 22.5. The lowest BCUT2D eigenvalue weighted by Gasteiger charge is -2.27. The highest BCUT2D eigenvalue weighted by Gasteiger charge is 2.64. The Kier molecular flexibility index (Phi) is 3.88. The van der Waals surface area contributed by atoms with Crippen molar-refractivity contribution >= 4 is 11.9 Å². The topological polar surface area (TPSA) is 88.3 Å². The summed E-state index contributed by atoms with van der Waals surface area (Å²) in [5.74, 6) is -2.47. The Morgan fingerprint density at radius 2 is 2.10 bits per heavy atom. The van der Waals surface area contributed by atoms with E-state index >= 15 is 0 Å². The average molecular weight is 306 g/mol. The lowest BCUT2D eigenvalue weighted by Crippen LogP contribution is -2.47. The van der Waals surface area contributed by atoms with Gasteiger partial charge < -0.3 is 10.0 Å². The van der Waals surface area contributed by atoms with Crippen LogP contribution in [0.4, 0.5) is 13.2 Å². The number of carbonyl (C=O) groups excluding carboxylic acids is 1. The number of hydrogen-bond acceptors (Lipinski definition) is 4. The molecule has 10 heteroatoms. The van der Waals surface area contributed by atoms with Crippen LogP contribution in [-0.2, 0) is 16.1 Å². The molecule has 1 atom stereocenters. The minimum absolute atomic E-state index is 0.0586. The zero-order valence-electron chi connectivity index (χ0n) is 10.9. The Morgan fingerprint density at radius 1 is 1.38 bits per heavy atom. The van der Waals surface area contributed by atoms with Gasteiger partial charge in [-0.2, -0.15) is 13.2 Å². The van der Waals surface area contributed by atoms with Gasteiger partial charge in [0.25, 0.3) is 0 Å². The second-order valence-corrected chi connectivity index (χ2v) is 4.87. The molecule has 0 saturated carbocycles. The number of alkyl halides is 3. The number of aliphatic carboxylic acids is 1. The van der Waals surface area contributed by atoms with Crippen LogP contribution in [0.2, 0.25) is 0 Å². The van der Waals surface area contributed by atoms with Gasteiger partial charge in [-0.1, -0.05) is 5.21 Å². The van der Waals surface area contributed by atoms with Gasteiger partial charge >= 0.3 is 12.1 Å². The van der Waals surface area contributed by atoms with Crippen molar-refractivity contribution < 1.29 is 27.9 Å². The number of carboxylic acids is 1. The third-order valence-corrected chi connectivity index (χ3v) is 3.60. The number of carbonyl (C=O) groups is 2. The molecule has 1 saturated heterocycles. The maximum Gasteiger partial charge on any atom is 0.406 e. The molecule has 1 amide bonds. The second-order valence-electron chi connectivity index (χ2n) is 4.87. The standard InChI is InChI=1S/C11H13F3N4O3/c12-11(13,14)10(9(20)21)2-5-17(7-10)8(19)1-4-18-6-3-15-16-18/h3,6H,1-2,4-5,7H2,(H,20,21). The molecule has 7 nitrogen and oxygen atoms in total. The molecule has 1 aromatic heterocycles. The first-order chi connectivity index (χ1) is 9.76. The van der Waals surface area contributed by atoms with E-state index in [1.807, 2.05) is 0 Å². The van der Waals surface area contributed by atoms with Gasteiger partial charge in [-0.3, -0.25) is 14.3 Å². The summed E-state index contributed by atoms with van der Waals surface area (Å²) in [4.78, 5) is 23.8. The molecule has 0 radical (unpaired) electrons. The van der Waals surface area contributed by atoms with Crippen LogP contribution < -0.4 is 0 Å². The molecule has 0 aromatic carbocycles. The lowest BCUT2D eigenvalue weighted by molar-refractivity contribution is -0.227. The molecule has 1 aromatic rings. The molecule has 2 rings (SSSR count). The van der Waals surface area contributed by atoms with Gasteiger partial charge in [0.05, 0.1) is 12.7 Å². The Labute approximate surface area is 117 Å². The highest BCUT2D eigenvalue weighted by molar-refractivity contribution is 5.81. The van der Waals surface area contributed by atoms with Crippen LogP contribution in [0, 0.1) is 5.41 Å². The molecular formula is C11H13F3N4O3. The van der Waals surface area contributed by atoms with Crippen molar-refractivity contribution in [3.05, 3.63) is 12.4 Å². The molecular weight excluding hydrogens is 293 g/mol. The van der Waals surface area contributed by atoms with E-state index in [1.165, 1.54) is 17.1 Å². The Hall–Kier alpha value is -2.13. The van der Waals surface area contributed by atoms with Crippen LogP contribution in [0.15, 0.2) is 12.4 Å². The lowest BCUT2D eigenvalue weighted by atomic mass is 9.86. The molecule has 2 heterocycles. The summed E-state index contributed by atoms with van der Waals surface area (Å²) >= 11 is 0. The summed E-state index contributed by atoms with van der Waals surface area (Å²) in [6.07, 6.45) is -2.63. The fourth-order valence-electron chi connectivity index (χ4n) is 2.27. The number of carboxylic acid groups (broad SMARTS) is 1. The zero-order valence-corrected chi connectivity index (χ0v) is 10.9. The van der Waals surface area contributed by atoms with Crippen LogP contribution in [0.1, 0.15) is 12.8 Å². The summed E-state index contributed by atoms with van der Waals surface area (Å²) in [6.45, 7) is -0.883. The van der Waals surface area contributed by atoms with E-state index < -0.39 is 36.4 Å². The quantitative estimate of drug-likeness (QED) is 0.877. The molecule has 0 bridgehead atoms. The minimum atomic E-state index is -4.89. The van der Waals surface area contributed by atoms with Crippen molar-refractivity contribution in [3.63, 3.8) is 0 Å². The van der Waals surface area contributed by atoms with E-state index in [9.17, 15) is 22.8 Å². The van der Waals surface area contributed by atoms with Crippen molar-refractivity contribution in [2.24, 2.45) is 5.41 Å². The molecule has 0 aliphatic carbocycles. The average Bonchev–Trinajstić information content (AvgIpc) is 3.04. The highest BCUT2D eigenvalue weighted by Crippen LogP contribution is 2.45. The van der Waals surface area contributed by atoms with Gasteiger partial charge in [-0.05, 0) is 6.42 Å². The van der Waals surface area contributed by atoms with E-state index in [2.05, 4.69) is 10.3 Å². The van der Waals surface area contributed by atoms with Crippen LogP contribution in [0.3, 0.4) is 0 Å². The third kappa shape index (κ3) is 2.83. The van der Waals surface area contributed by atoms with Crippen molar-refractivity contribution in [2.75, 3.05) is 13.1 Å². The summed E-state index contributed by atoms with van der Waals surface area (Å²) in [6, 6.07) is 0. The number of halogens is 3. The van der Waals surface area contributed by atoms with Gasteiger partial charge in [-0.25, -0.2) is 0 Å². The minimum Gasteiger partial charge on any atom is -0.481 e.